The molecule has 150 valence electrons. The Morgan fingerprint density at radius 3 is 2.62 bits per heavy atom. The highest BCUT2D eigenvalue weighted by Crippen LogP contribution is 2.29. The van der Waals surface area contributed by atoms with Crippen molar-refractivity contribution < 1.29 is 14.1 Å². The van der Waals surface area contributed by atoms with Crippen molar-refractivity contribution in [2.45, 2.75) is 32.1 Å². The fraction of sp³-hybridized carbons (Fsp3) is 0.348. The molecule has 0 N–H and O–H groups in total. The van der Waals surface area contributed by atoms with Crippen molar-refractivity contribution >= 4 is 5.91 Å². The molecule has 0 aliphatic carbocycles. The molecular weight excluding hydrogens is 366 g/mol. The summed E-state index contributed by atoms with van der Waals surface area (Å²) in [5, 5.41) is 4.15. The third-order valence-electron chi connectivity index (χ3n) is 5.43. The Kier molecular flexibility index (Phi) is 5.60. The van der Waals surface area contributed by atoms with Crippen LogP contribution in [-0.4, -0.2) is 41.1 Å². The van der Waals surface area contributed by atoms with Gasteiger partial charge in [-0.1, -0.05) is 41.1 Å². The summed E-state index contributed by atoms with van der Waals surface area (Å²) in [7, 11) is 1.64. The van der Waals surface area contributed by atoms with E-state index in [2.05, 4.69) is 16.2 Å². The van der Waals surface area contributed by atoms with Gasteiger partial charge in [-0.15, -0.1) is 0 Å². The topological polar surface area (TPSA) is 68.5 Å². The van der Waals surface area contributed by atoms with Crippen molar-refractivity contribution in [1.82, 2.24) is 15.0 Å². The minimum atomic E-state index is 0.152. The third-order valence-corrected chi connectivity index (χ3v) is 5.43. The molecule has 2 heterocycles. The van der Waals surface area contributed by atoms with Gasteiger partial charge in [-0.25, -0.2) is 0 Å². The number of carbonyl (C=O) groups excluding carboxylic acids is 1. The quantitative estimate of drug-likeness (QED) is 0.657. The Bertz CT molecular complexity index is 973. The molecule has 29 heavy (non-hydrogen) atoms. The minimum absolute atomic E-state index is 0.152. The lowest BCUT2D eigenvalue weighted by atomic mass is 9.96. The lowest BCUT2D eigenvalue weighted by Crippen LogP contribution is -2.38. The van der Waals surface area contributed by atoms with E-state index < -0.39 is 0 Å². The number of aryl methyl sites for hydroxylation is 1. The van der Waals surface area contributed by atoms with Gasteiger partial charge in [0.25, 0.3) is 0 Å². The minimum Gasteiger partial charge on any atom is -0.497 e. The first-order chi connectivity index (χ1) is 14.1. The number of hydrogen-bond donors (Lipinski definition) is 0. The Balaban J connectivity index is 1.34. The van der Waals surface area contributed by atoms with Gasteiger partial charge >= 0.3 is 0 Å². The Morgan fingerprint density at radius 1 is 1.17 bits per heavy atom. The summed E-state index contributed by atoms with van der Waals surface area (Å²) in [6.07, 6.45) is 2.08. The molecule has 0 atom stereocenters. The molecule has 1 fully saturated rings. The van der Waals surface area contributed by atoms with Crippen molar-refractivity contribution in [3.05, 3.63) is 65.5 Å². The van der Waals surface area contributed by atoms with E-state index in [0.717, 1.165) is 35.3 Å². The Hall–Kier alpha value is -3.15. The molecule has 0 radical (unpaired) electrons. The summed E-state index contributed by atoms with van der Waals surface area (Å²) in [4.78, 5) is 19.2. The number of likely N-dealkylation sites (tertiary alicyclic amines) is 1. The highest BCUT2D eigenvalue weighted by atomic mass is 16.5. The summed E-state index contributed by atoms with van der Waals surface area (Å²) in [5.74, 6) is 2.45. The summed E-state index contributed by atoms with van der Waals surface area (Å²) >= 11 is 0. The van der Waals surface area contributed by atoms with Gasteiger partial charge in [-0.05, 0) is 43.5 Å². The van der Waals surface area contributed by atoms with Crippen LogP contribution in [0.5, 0.6) is 5.75 Å². The van der Waals surface area contributed by atoms with Crippen LogP contribution < -0.4 is 4.74 Å². The summed E-state index contributed by atoms with van der Waals surface area (Å²) in [6, 6.07) is 15.7. The van der Waals surface area contributed by atoms with Crippen LogP contribution in [0, 0.1) is 6.92 Å². The van der Waals surface area contributed by atoms with Gasteiger partial charge < -0.3 is 14.2 Å². The van der Waals surface area contributed by atoms with Crippen molar-refractivity contribution in [2.75, 3.05) is 20.2 Å². The third kappa shape index (κ3) is 4.47. The van der Waals surface area contributed by atoms with Gasteiger partial charge in [0.2, 0.25) is 17.6 Å². The first-order valence-corrected chi connectivity index (χ1v) is 9.94. The molecule has 1 amide bonds. The maximum absolute atomic E-state index is 12.6. The second kappa shape index (κ2) is 8.47. The van der Waals surface area contributed by atoms with Crippen LogP contribution in [0.15, 0.2) is 53.1 Å². The van der Waals surface area contributed by atoms with Crippen molar-refractivity contribution in [3.8, 4) is 17.1 Å². The molecule has 1 aliphatic heterocycles. The molecule has 0 spiro atoms. The maximum atomic E-state index is 12.6. The molecule has 6 nitrogen and oxygen atoms in total. The predicted molar refractivity (Wildman–Crippen MR) is 110 cm³/mol. The van der Waals surface area contributed by atoms with Crippen molar-refractivity contribution in [3.63, 3.8) is 0 Å². The van der Waals surface area contributed by atoms with E-state index in [9.17, 15) is 4.79 Å². The summed E-state index contributed by atoms with van der Waals surface area (Å²) < 4.78 is 10.7. The van der Waals surface area contributed by atoms with Gasteiger partial charge in [0.1, 0.15) is 5.75 Å². The van der Waals surface area contributed by atoms with Gasteiger partial charge in [-0.2, -0.15) is 4.98 Å². The van der Waals surface area contributed by atoms with Crippen LogP contribution in [0.1, 0.15) is 35.8 Å². The fourth-order valence-electron chi connectivity index (χ4n) is 3.71. The SMILES string of the molecule is COc1ccc(CC(=O)N2CCC(c3nc(-c4cccc(C)c4)no3)CC2)cc1. The number of carbonyl (C=O) groups is 1. The zero-order valence-electron chi connectivity index (χ0n) is 16.8. The van der Waals surface area contributed by atoms with E-state index >= 15 is 0 Å². The smallest absolute Gasteiger partial charge is 0.230 e. The lowest BCUT2D eigenvalue weighted by molar-refractivity contribution is -0.131. The standard InChI is InChI=1S/C23H25N3O3/c1-16-4-3-5-19(14-16)22-24-23(29-25-22)18-10-12-26(13-11-18)21(27)15-17-6-8-20(28-2)9-7-17/h3-9,14,18H,10-13,15H2,1-2H3. The Morgan fingerprint density at radius 2 is 1.93 bits per heavy atom. The molecule has 1 aliphatic rings. The number of rotatable bonds is 5. The van der Waals surface area contributed by atoms with Crippen LogP contribution in [0.4, 0.5) is 0 Å². The molecule has 0 bridgehead atoms. The van der Waals surface area contributed by atoms with Crippen LogP contribution in [0.25, 0.3) is 11.4 Å². The van der Waals surface area contributed by atoms with E-state index in [-0.39, 0.29) is 11.8 Å². The molecule has 0 saturated carbocycles. The van der Waals surface area contributed by atoms with Gasteiger partial charge in [0, 0.05) is 24.6 Å². The van der Waals surface area contributed by atoms with Crippen LogP contribution >= 0.6 is 0 Å². The normalized spacial score (nSPS) is 14.8. The lowest BCUT2D eigenvalue weighted by Gasteiger charge is -2.30. The summed E-state index contributed by atoms with van der Waals surface area (Å²) in [6.45, 7) is 3.47. The number of benzene rings is 2. The van der Waals surface area contributed by atoms with Crippen LogP contribution in [-0.2, 0) is 11.2 Å². The number of hydrogen-bond acceptors (Lipinski definition) is 5. The zero-order chi connectivity index (χ0) is 20.2. The molecule has 4 rings (SSSR count). The molecule has 1 aromatic heterocycles. The van der Waals surface area contributed by atoms with Crippen LogP contribution in [0.3, 0.4) is 0 Å². The molecule has 3 aromatic rings. The van der Waals surface area contributed by atoms with Crippen molar-refractivity contribution in [1.29, 1.82) is 0 Å². The van der Waals surface area contributed by atoms with Crippen molar-refractivity contribution in [2.24, 2.45) is 0 Å². The molecule has 1 saturated heterocycles. The molecule has 0 unspecified atom stereocenters. The number of ether oxygens (including phenoxy) is 1. The second-order valence-corrected chi connectivity index (χ2v) is 7.51. The highest BCUT2D eigenvalue weighted by molar-refractivity contribution is 5.79. The summed E-state index contributed by atoms with van der Waals surface area (Å²) in [5.41, 5.74) is 3.13. The second-order valence-electron chi connectivity index (χ2n) is 7.51. The van der Waals surface area contributed by atoms with Gasteiger partial charge in [-0.3, -0.25) is 4.79 Å². The average molecular weight is 391 g/mol. The largest absolute Gasteiger partial charge is 0.497 e. The van der Waals surface area contributed by atoms with Crippen LogP contribution in [0.2, 0.25) is 0 Å². The van der Waals surface area contributed by atoms with E-state index in [4.69, 9.17) is 9.26 Å². The highest BCUT2D eigenvalue weighted by Gasteiger charge is 2.27. The fourth-order valence-corrected chi connectivity index (χ4v) is 3.71. The molecule has 2 aromatic carbocycles. The number of aromatic nitrogens is 2. The monoisotopic (exact) mass is 391 g/mol. The van der Waals surface area contributed by atoms with E-state index in [1.165, 1.54) is 0 Å². The predicted octanol–water partition coefficient (Wildman–Crippen LogP) is 4.00. The first-order valence-electron chi connectivity index (χ1n) is 9.94. The van der Waals surface area contributed by atoms with E-state index in [1.807, 2.05) is 54.3 Å². The van der Waals surface area contributed by atoms with Gasteiger partial charge in [0.05, 0.1) is 13.5 Å². The zero-order valence-corrected chi connectivity index (χ0v) is 16.8. The van der Waals surface area contributed by atoms with E-state index in [0.29, 0.717) is 31.2 Å². The average Bonchev–Trinajstić information content (AvgIpc) is 3.25. The number of amides is 1. The molecule has 6 heteroatoms. The Labute approximate surface area is 170 Å². The number of nitrogens with zero attached hydrogens (tertiary/aromatic N) is 3. The van der Waals surface area contributed by atoms with Gasteiger partial charge in [0.15, 0.2) is 0 Å². The number of piperidine rings is 1. The number of methoxy groups -OCH3 is 1. The first kappa shape index (κ1) is 19.2. The van der Waals surface area contributed by atoms with E-state index in [1.54, 1.807) is 7.11 Å². The molecular formula is C23H25N3O3. The maximum Gasteiger partial charge on any atom is 0.230 e.